The van der Waals surface area contributed by atoms with E-state index in [0.29, 0.717) is 12.3 Å². The van der Waals surface area contributed by atoms with Gasteiger partial charge in [-0.25, -0.2) is 9.97 Å². The van der Waals surface area contributed by atoms with Crippen LogP contribution < -0.4 is 10.1 Å². The van der Waals surface area contributed by atoms with Crippen molar-refractivity contribution in [3.63, 3.8) is 0 Å². The Hall–Kier alpha value is -3.30. The Bertz CT molecular complexity index is 1150. The molecule has 0 radical (unpaired) electrons. The monoisotopic (exact) mass is 374 g/mol. The fraction of sp³-hybridized carbons (Fsp3) is 0.143. The fourth-order valence-corrected chi connectivity index (χ4v) is 3.83. The van der Waals surface area contributed by atoms with Crippen LogP contribution in [-0.2, 0) is 6.54 Å². The van der Waals surface area contributed by atoms with Gasteiger partial charge in [-0.15, -0.1) is 17.8 Å². The Labute approximate surface area is 161 Å². The van der Waals surface area contributed by atoms with Crippen molar-refractivity contribution in [2.75, 3.05) is 12.4 Å². The van der Waals surface area contributed by atoms with Gasteiger partial charge < -0.3 is 10.1 Å². The molecule has 5 nitrogen and oxygen atoms in total. The van der Waals surface area contributed by atoms with Gasteiger partial charge >= 0.3 is 0 Å². The second kappa shape index (κ2) is 7.14. The van der Waals surface area contributed by atoms with Crippen LogP contribution in [0.25, 0.3) is 16.3 Å². The van der Waals surface area contributed by atoms with E-state index in [0.717, 1.165) is 39.0 Å². The Morgan fingerprint density at radius 3 is 2.89 bits per heavy atom. The van der Waals surface area contributed by atoms with E-state index in [9.17, 15) is 0 Å². The van der Waals surface area contributed by atoms with Crippen LogP contribution in [0, 0.1) is 19.3 Å². The number of aryl methyl sites for hydroxylation is 1. The summed E-state index contributed by atoms with van der Waals surface area (Å²) in [5, 5.41) is 5.49. The van der Waals surface area contributed by atoms with Crippen LogP contribution in [-0.4, -0.2) is 21.5 Å². The number of terminal acetylenes is 1. The number of anilines is 1. The number of rotatable bonds is 5. The maximum atomic E-state index is 5.67. The highest BCUT2D eigenvalue weighted by Crippen LogP contribution is 2.35. The lowest BCUT2D eigenvalue weighted by molar-refractivity contribution is 0.410. The first kappa shape index (κ1) is 17.1. The second-order valence-corrected chi connectivity index (χ2v) is 6.94. The van der Waals surface area contributed by atoms with Crippen LogP contribution in [0.15, 0.2) is 48.0 Å². The molecule has 0 atom stereocenters. The van der Waals surface area contributed by atoms with Crippen LogP contribution in [0.1, 0.15) is 16.8 Å². The second-order valence-electron chi connectivity index (χ2n) is 6.02. The number of aromatic nitrogens is 3. The Morgan fingerprint density at radius 2 is 2.07 bits per heavy atom. The van der Waals surface area contributed by atoms with E-state index in [1.165, 1.54) is 0 Å². The van der Waals surface area contributed by atoms with Gasteiger partial charge in [0.05, 0.1) is 12.0 Å². The van der Waals surface area contributed by atoms with E-state index in [1.54, 1.807) is 18.4 Å². The van der Waals surface area contributed by atoms with Crippen LogP contribution >= 0.6 is 11.3 Å². The average molecular weight is 374 g/mol. The zero-order valence-electron chi connectivity index (χ0n) is 15.1. The zero-order chi connectivity index (χ0) is 18.8. The highest BCUT2D eigenvalue weighted by Gasteiger charge is 2.18. The Balaban J connectivity index is 1.81. The molecule has 0 fully saturated rings. The minimum absolute atomic E-state index is 0.593. The van der Waals surface area contributed by atoms with E-state index < -0.39 is 0 Å². The van der Waals surface area contributed by atoms with Crippen molar-refractivity contribution in [2.24, 2.45) is 0 Å². The quantitative estimate of drug-likeness (QED) is 0.527. The number of nitrogens with zero attached hydrogens (tertiary/aromatic N) is 3. The summed E-state index contributed by atoms with van der Waals surface area (Å²) < 4.78 is 7.41. The maximum Gasteiger partial charge on any atom is 0.236 e. The third kappa shape index (κ3) is 3.14. The van der Waals surface area contributed by atoms with Crippen LogP contribution in [0.4, 0.5) is 5.82 Å². The number of hydrogen-bond acceptors (Lipinski definition) is 5. The van der Waals surface area contributed by atoms with Gasteiger partial charge in [0, 0.05) is 29.6 Å². The van der Waals surface area contributed by atoms with Crippen LogP contribution in [0.5, 0.6) is 5.75 Å². The van der Waals surface area contributed by atoms with Crippen molar-refractivity contribution in [1.82, 2.24) is 14.4 Å². The van der Waals surface area contributed by atoms with Crippen molar-refractivity contribution in [1.29, 1.82) is 0 Å². The molecule has 27 heavy (non-hydrogen) atoms. The third-order valence-electron chi connectivity index (χ3n) is 4.31. The van der Waals surface area contributed by atoms with E-state index in [1.807, 2.05) is 59.3 Å². The zero-order valence-corrected chi connectivity index (χ0v) is 15.9. The molecule has 1 aromatic carbocycles. The van der Waals surface area contributed by atoms with Crippen LogP contribution in [0.2, 0.25) is 0 Å². The Kier molecular flexibility index (Phi) is 4.53. The lowest BCUT2D eigenvalue weighted by atomic mass is 10.2. The number of benzene rings is 1. The molecule has 0 amide bonds. The molecular weight excluding hydrogens is 356 g/mol. The molecule has 0 saturated heterocycles. The lowest BCUT2D eigenvalue weighted by Crippen LogP contribution is -2.05. The minimum atomic E-state index is 0.593. The van der Waals surface area contributed by atoms with Gasteiger partial charge in [-0.05, 0) is 30.5 Å². The molecule has 0 spiro atoms. The smallest absolute Gasteiger partial charge is 0.236 e. The topological polar surface area (TPSA) is 51.5 Å². The molecule has 0 aliphatic rings. The number of imidazole rings is 1. The number of nitrogens with one attached hydrogen (secondary N) is 1. The number of ether oxygens (including phenoxy) is 1. The van der Waals surface area contributed by atoms with E-state index in [-0.39, 0.29) is 0 Å². The summed E-state index contributed by atoms with van der Waals surface area (Å²) >= 11 is 1.58. The summed E-state index contributed by atoms with van der Waals surface area (Å²) in [5.41, 5.74) is 3.62. The van der Waals surface area contributed by atoms with Gasteiger partial charge in [0.15, 0.2) is 0 Å². The maximum absolute atomic E-state index is 5.67. The molecule has 4 aromatic rings. The van der Waals surface area contributed by atoms with Gasteiger partial charge in [0.25, 0.3) is 0 Å². The van der Waals surface area contributed by atoms with E-state index in [2.05, 4.69) is 16.2 Å². The molecule has 0 aliphatic carbocycles. The largest absolute Gasteiger partial charge is 0.496 e. The summed E-state index contributed by atoms with van der Waals surface area (Å²) in [7, 11) is 1.68. The number of thiophene rings is 1. The number of hydrogen-bond donors (Lipinski definition) is 1. The molecule has 0 saturated carbocycles. The molecule has 6 heteroatoms. The number of fused-ring (bicyclic) bond motifs is 1. The molecule has 0 bridgehead atoms. The van der Waals surface area contributed by atoms with E-state index >= 15 is 0 Å². The van der Waals surface area contributed by atoms with Gasteiger partial charge in [0.1, 0.15) is 17.3 Å². The van der Waals surface area contributed by atoms with Crippen molar-refractivity contribution in [3.05, 3.63) is 64.8 Å². The van der Waals surface area contributed by atoms with Crippen molar-refractivity contribution in [2.45, 2.75) is 13.5 Å². The first-order valence-corrected chi connectivity index (χ1v) is 9.35. The number of para-hydroxylation sites is 1. The summed E-state index contributed by atoms with van der Waals surface area (Å²) in [6.07, 6.45) is 7.65. The SMILES string of the molecule is C#Cc1ccsc1-c1nc2nc(C)ccn2c1NCc1ccccc1OC. The molecular formula is C21H18N4OS. The van der Waals surface area contributed by atoms with Gasteiger partial charge in [-0.3, -0.25) is 4.40 Å². The van der Waals surface area contributed by atoms with Gasteiger partial charge in [0.2, 0.25) is 5.78 Å². The van der Waals surface area contributed by atoms with E-state index in [4.69, 9.17) is 16.1 Å². The molecule has 4 rings (SSSR count). The summed E-state index contributed by atoms with van der Waals surface area (Å²) in [4.78, 5) is 10.3. The highest BCUT2D eigenvalue weighted by atomic mass is 32.1. The number of methoxy groups -OCH3 is 1. The summed E-state index contributed by atoms with van der Waals surface area (Å²) in [6.45, 7) is 2.55. The summed E-state index contributed by atoms with van der Waals surface area (Å²) in [5.74, 6) is 5.09. The molecule has 3 aromatic heterocycles. The molecule has 0 aliphatic heterocycles. The predicted molar refractivity (Wildman–Crippen MR) is 109 cm³/mol. The molecule has 1 N–H and O–H groups in total. The molecule has 3 heterocycles. The predicted octanol–water partition coefficient (Wildman–Crippen LogP) is 4.37. The van der Waals surface area contributed by atoms with Gasteiger partial charge in [-0.2, -0.15) is 0 Å². The minimum Gasteiger partial charge on any atom is -0.496 e. The van der Waals surface area contributed by atoms with Crippen LogP contribution in [0.3, 0.4) is 0 Å². The first-order valence-electron chi connectivity index (χ1n) is 8.47. The van der Waals surface area contributed by atoms with Gasteiger partial charge in [-0.1, -0.05) is 24.1 Å². The fourth-order valence-electron chi connectivity index (χ4n) is 2.98. The lowest BCUT2D eigenvalue weighted by Gasteiger charge is -2.11. The van der Waals surface area contributed by atoms with Crippen molar-refractivity contribution < 1.29 is 4.74 Å². The Morgan fingerprint density at radius 1 is 1.22 bits per heavy atom. The first-order chi connectivity index (χ1) is 13.2. The summed E-state index contributed by atoms with van der Waals surface area (Å²) in [6, 6.07) is 11.8. The normalized spacial score (nSPS) is 10.7. The van der Waals surface area contributed by atoms with Crippen molar-refractivity contribution in [3.8, 4) is 28.7 Å². The standard InChI is InChI=1S/C21H18N4OS/c1-4-15-10-12-27-19(15)18-20(25-11-9-14(2)23-21(25)24-18)22-13-16-7-5-6-8-17(16)26-3/h1,5-12,22H,13H2,2-3H3. The van der Waals surface area contributed by atoms with Crippen molar-refractivity contribution >= 4 is 22.9 Å². The average Bonchev–Trinajstić information content (AvgIpc) is 3.30. The highest BCUT2D eigenvalue weighted by molar-refractivity contribution is 7.13. The third-order valence-corrected chi connectivity index (χ3v) is 5.23. The molecule has 0 unspecified atom stereocenters. The molecule has 134 valence electrons.